The van der Waals surface area contributed by atoms with E-state index in [2.05, 4.69) is 23.0 Å². The maximum Gasteiger partial charge on any atom is 0.326 e. The summed E-state index contributed by atoms with van der Waals surface area (Å²) in [6, 6.07) is 12.0. The summed E-state index contributed by atoms with van der Waals surface area (Å²) in [6.07, 6.45) is 5.19. The Hall–Kier alpha value is -2.86. The third kappa shape index (κ3) is 4.74. The Bertz CT molecular complexity index is 1130. The number of H-pyrrole nitrogens is 1. The molecular formula is C25H31N3O3. The molecule has 1 aromatic heterocycles. The Labute approximate surface area is 182 Å². The largest absolute Gasteiger partial charge is 0.496 e. The third-order valence-corrected chi connectivity index (χ3v) is 6.24. The molecule has 0 spiro atoms. The molecule has 1 aliphatic heterocycles. The van der Waals surface area contributed by atoms with Gasteiger partial charge in [-0.25, -0.2) is 4.79 Å². The number of methoxy groups -OCH3 is 1. The molecule has 0 fully saturated rings. The average Bonchev–Trinajstić information content (AvgIpc) is 3.12. The lowest BCUT2D eigenvalue weighted by Gasteiger charge is -2.17. The van der Waals surface area contributed by atoms with Crippen molar-refractivity contribution in [3.8, 4) is 5.75 Å². The molecule has 2 aromatic carbocycles. The molecule has 6 nitrogen and oxygen atoms in total. The fourth-order valence-corrected chi connectivity index (χ4v) is 4.53. The number of nitrogens with one attached hydrogen (secondary N) is 1. The topological polar surface area (TPSA) is 67.3 Å². The number of imidazole rings is 1. The van der Waals surface area contributed by atoms with E-state index < -0.39 is 0 Å². The van der Waals surface area contributed by atoms with Crippen LogP contribution in [0, 0.1) is 0 Å². The normalized spacial score (nSPS) is 13.1. The molecule has 3 aromatic rings. The molecule has 0 atom stereocenters. The first-order valence-corrected chi connectivity index (χ1v) is 11.2. The Kier molecular flexibility index (Phi) is 6.56. The molecular weight excluding hydrogens is 390 g/mol. The summed E-state index contributed by atoms with van der Waals surface area (Å²) in [5, 5.41) is 0. The van der Waals surface area contributed by atoms with E-state index in [4.69, 9.17) is 4.74 Å². The van der Waals surface area contributed by atoms with Crippen LogP contribution in [0.3, 0.4) is 0 Å². The van der Waals surface area contributed by atoms with Crippen LogP contribution in [-0.4, -0.2) is 47.5 Å². The molecule has 0 unspecified atom stereocenters. The molecule has 164 valence electrons. The van der Waals surface area contributed by atoms with Gasteiger partial charge in [-0.3, -0.25) is 9.36 Å². The molecule has 0 aliphatic carbocycles. The number of benzene rings is 2. The van der Waals surface area contributed by atoms with Gasteiger partial charge in [0.2, 0.25) is 0 Å². The quantitative estimate of drug-likeness (QED) is 0.399. The van der Waals surface area contributed by atoms with Crippen LogP contribution in [0.2, 0.25) is 0 Å². The predicted molar refractivity (Wildman–Crippen MR) is 123 cm³/mol. The van der Waals surface area contributed by atoms with Crippen molar-refractivity contribution >= 4 is 16.8 Å². The average molecular weight is 422 g/mol. The minimum atomic E-state index is -0.0725. The van der Waals surface area contributed by atoms with Gasteiger partial charge in [0.15, 0.2) is 5.78 Å². The van der Waals surface area contributed by atoms with Crippen molar-refractivity contribution in [3.63, 3.8) is 0 Å². The standard InChI is InChI=1S/C25H31N3O3/c1-27(15-12-18-8-3-4-11-23(18)31-2)13-6-5-10-22(29)20-16-19-9-7-14-28-24(19)21(17-20)26-25(28)30/h3-4,8,11,16-17H,5-7,9-10,12-15H2,1-2H3,(H,26,30). The van der Waals surface area contributed by atoms with E-state index in [0.29, 0.717) is 6.42 Å². The van der Waals surface area contributed by atoms with Crippen LogP contribution in [0.25, 0.3) is 11.0 Å². The molecule has 0 radical (unpaired) electrons. The molecule has 1 N–H and O–H groups in total. The van der Waals surface area contributed by atoms with Crippen molar-refractivity contribution < 1.29 is 9.53 Å². The number of likely N-dealkylation sites (N-methyl/N-ethyl adjacent to an activating group) is 1. The Morgan fingerprint density at radius 2 is 2.03 bits per heavy atom. The molecule has 4 rings (SSSR count). The number of Topliss-reactive ketones (excluding diaryl/α,β-unsaturated/α-hetero) is 1. The number of nitrogens with zero attached hydrogens (tertiary/aromatic N) is 2. The van der Waals surface area contributed by atoms with E-state index in [-0.39, 0.29) is 11.5 Å². The number of aromatic nitrogens is 2. The van der Waals surface area contributed by atoms with E-state index >= 15 is 0 Å². The SMILES string of the molecule is COc1ccccc1CCN(C)CCCCC(=O)c1cc2c3c(c1)[nH]c(=O)n3CCC2. The number of para-hydroxylation sites is 1. The number of ether oxygens (including phenoxy) is 1. The van der Waals surface area contributed by atoms with E-state index in [0.717, 1.165) is 79.6 Å². The van der Waals surface area contributed by atoms with Crippen LogP contribution in [0.5, 0.6) is 5.75 Å². The molecule has 31 heavy (non-hydrogen) atoms. The van der Waals surface area contributed by atoms with E-state index in [1.807, 2.05) is 30.3 Å². The molecule has 2 heterocycles. The first kappa shape index (κ1) is 21.4. The van der Waals surface area contributed by atoms with Crippen LogP contribution in [-0.2, 0) is 19.4 Å². The van der Waals surface area contributed by atoms with Gasteiger partial charge in [-0.1, -0.05) is 18.2 Å². The summed E-state index contributed by atoms with van der Waals surface area (Å²) >= 11 is 0. The minimum absolute atomic E-state index is 0.0725. The van der Waals surface area contributed by atoms with Gasteiger partial charge in [0, 0.05) is 25.1 Å². The summed E-state index contributed by atoms with van der Waals surface area (Å²) in [6.45, 7) is 2.67. The lowest BCUT2D eigenvalue weighted by atomic mass is 9.98. The van der Waals surface area contributed by atoms with Crippen LogP contribution in [0.4, 0.5) is 0 Å². The zero-order chi connectivity index (χ0) is 21.8. The summed E-state index contributed by atoms with van der Waals surface area (Å²) < 4.78 is 7.22. The highest BCUT2D eigenvalue weighted by atomic mass is 16.5. The summed E-state index contributed by atoms with van der Waals surface area (Å²) in [5.74, 6) is 1.10. The number of aromatic amines is 1. The first-order chi connectivity index (χ1) is 15.1. The maximum atomic E-state index is 12.8. The third-order valence-electron chi connectivity index (χ3n) is 6.24. The second-order valence-corrected chi connectivity index (χ2v) is 8.46. The number of ketones is 1. The highest BCUT2D eigenvalue weighted by Gasteiger charge is 2.18. The zero-order valence-corrected chi connectivity index (χ0v) is 18.4. The number of carbonyl (C=O) groups is 1. The van der Waals surface area contributed by atoms with Crippen LogP contribution in [0.1, 0.15) is 47.2 Å². The highest BCUT2D eigenvalue weighted by molar-refractivity contribution is 5.99. The monoisotopic (exact) mass is 421 g/mol. The predicted octanol–water partition coefficient (Wildman–Crippen LogP) is 3.81. The van der Waals surface area contributed by atoms with E-state index in [1.54, 1.807) is 11.7 Å². The fourth-order valence-electron chi connectivity index (χ4n) is 4.53. The van der Waals surface area contributed by atoms with Crippen molar-refractivity contribution in [1.82, 2.24) is 14.5 Å². The van der Waals surface area contributed by atoms with Crippen molar-refractivity contribution in [3.05, 3.63) is 63.6 Å². The first-order valence-electron chi connectivity index (χ1n) is 11.2. The summed E-state index contributed by atoms with van der Waals surface area (Å²) in [7, 11) is 3.83. The second kappa shape index (κ2) is 9.52. The van der Waals surface area contributed by atoms with Crippen LogP contribution in [0.15, 0.2) is 41.2 Å². The zero-order valence-electron chi connectivity index (χ0n) is 18.4. The Balaban J connectivity index is 1.26. The van der Waals surface area contributed by atoms with Gasteiger partial charge in [-0.15, -0.1) is 0 Å². The number of hydrogen-bond acceptors (Lipinski definition) is 4. The van der Waals surface area contributed by atoms with Crippen LogP contribution >= 0.6 is 0 Å². The molecule has 6 heteroatoms. The number of aryl methyl sites for hydroxylation is 2. The number of unbranched alkanes of at least 4 members (excludes halogenated alkanes) is 1. The maximum absolute atomic E-state index is 12.8. The van der Waals surface area contributed by atoms with Crippen molar-refractivity contribution in [1.29, 1.82) is 0 Å². The van der Waals surface area contributed by atoms with Gasteiger partial charge in [0.1, 0.15) is 5.75 Å². The highest BCUT2D eigenvalue weighted by Crippen LogP contribution is 2.25. The Morgan fingerprint density at radius 3 is 2.87 bits per heavy atom. The lowest BCUT2D eigenvalue weighted by molar-refractivity contribution is 0.0978. The van der Waals surface area contributed by atoms with Gasteiger partial charge in [-0.2, -0.15) is 0 Å². The molecule has 0 saturated carbocycles. The molecule has 0 saturated heterocycles. The van der Waals surface area contributed by atoms with Crippen molar-refractivity contribution in [2.24, 2.45) is 0 Å². The number of rotatable bonds is 10. The lowest BCUT2D eigenvalue weighted by Crippen LogP contribution is -2.22. The van der Waals surface area contributed by atoms with Gasteiger partial charge in [0.05, 0.1) is 18.1 Å². The molecule has 0 amide bonds. The number of hydrogen-bond donors (Lipinski definition) is 1. The van der Waals surface area contributed by atoms with E-state index in [1.165, 1.54) is 5.56 Å². The fraction of sp³-hybridized carbons (Fsp3) is 0.440. The van der Waals surface area contributed by atoms with Crippen molar-refractivity contribution in [2.45, 2.75) is 45.1 Å². The number of carbonyl (C=O) groups excluding carboxylic acids is 1. The summed E-state index contributed by atoms with van der Waals surface area (Å²) in [4.78, 5) is 30.1. The van der Waals surface area contributed by atoms with Crippen molar-refractivity contribution in [2.75, 3.05) is 27.2 Å². The van der Waals surface area contributed by atoms with Gasteiger partial charge in [0.25, 0.3) is 0 Å². The minimum Gasteiger partial charge on any atom is -0.496 e. The summed E-state index contributed by atoms with van der Waals surface area (Å²) in [5.41, 5.74) is 4.75. The molecule has 0 bridgehead atoms. The van der Waals surface area contributed by atoms with E-state index in [9.17, 15) is 9.59 Å². The molecule has 1 aliphatic rings. The smallest absolute Gasteiger partial charge is 0.326 e. The van der Waals surface area contributed by atoms with Crippen LogP contribution < -0.4 is 10.4 Å². The van der Waals surface area contributed by atoms with Gasteiger partial charge < -0.3 is 14.6 Å². The Morgan fingerprint density at radius 1 is 1.19 bits per heavy atom. The van der Waals surface area contributed by atoms with Gasteiger partial charge in [-0.05, 0) is 75.0 Å². The second-order valence-electron chi connectivity index (χ2n) is 8.46. The van der Waals surface area contributed by atoms with Gasteiger partial charge >= 0.3 is 5.69 Å².